The Morgan fingerprint density at radius 2 is 2.00 bits per heavy atom. The van der Waals surface area contributed by atoms with Gasteiger partial charge in [-0.15, -0.1) is 0 Å². The highest BCUT2D eigenvalue weighted by atomic mass is 15.2. The molecule has 0 atom stereocenters. The molecule has 3 rings (SSSR count). The molecule has 4 nitrogen and oxygen atoms in total. The van der Waals surface area contributed by atoms with E-state index in [4.69, 9.17) is 5.73 Å². The van der Waals surface area contributed by atoms with Crippen molar-refractivity contribution in [3.8, 4) is 0 Å². The molecule has 1 aromatic carbocycles. The van der Waals surface area contributed by atoms with E-state index in [0.717, 1.165) is 31.2 Å². The molecule has 0 saturated heterocycles. The van der Waals surface area contributed by atoms with Crippen molar-refractivity contribution < 1.29 is 0 Å². The first-order valence-electron chi connectivity index (χ1n) is 6.34. The van der Waals surface area contributed by atoms with Crippen molar-refractivity contribution in [1.29, 1.82) is 0 Å². The lowest BCUT2D eigenvalue weighted by atomic mass is 10.2. The molecule has 18 heavy (non-hydrogen) atoms. The lowest BCUT2D eigenvalue weighted by molar-refractivity contribution is 0.557. The monoisotopic (exact) mass is 242 g/mol. The highest BCUT2D eigenvalue weighted by Crippen LogP contribution is 2.23. The van der Waals surface area contributed by atoms with Crippen LogP contribution in [0.1, 0.15) is 17.2 Å². The summed E-state index contributed by atoms with van der Waals surface area (Å²) in [5.74, 6) is 1.08. The molecule has 4 heteroatoms. The Labute approximate surface area is 107 Å². The summed E-state index contributed by atoms with van der Waals surface area (Å²) in [5, 5.41) is 0. The average molecular weight is 242 g/mol. The van der Waals surface area contributed by atoms with Gasteiger partial charge in [-0.25, -0.2) is 4.98 Å². The van der Waals surface area contributed by atoms with Gasteiger partial charge in [0.15, 0.2) is 0 Å². The van der Waals surface area contributed by atoms with Crippen molar-refractivity contribution in [2.24, 2.45) is 5.73 Å². The summed E-state index contributed by atoms with van der Waals surface area (Å²) < 4.78 is 2.29. The maximum Gasteiger partial charge on any atom is 0.106 e. The zero-order valence-corrected chi connectivity index (χ0v) is 10.6. The van der Waals surface area contributed by atoms with Crippen molar-refractivity contribution >= 4 is 5.69 Å². The molecule has 2 N–H and O–H groups in total. The zero-order valence-electron chi connectivity index (χ0n) is 10.6. The van der Waals surface area contributed by atoms with E-state index in [1.807, 2.05) is 6.07 Å². The molecule has 0 spiro atoms. The van der Waals surface area contributed by atoms with Crippen LogP contribution in [0.3, 0.4) is 0 Å². The van der Waals surface area contributed by atoms with Gasteiger partial charge in [0.05, 0.1) is 17.9 Å². The predicted octanol–water partition coefficient (Wildman–Crippen LogP) is 1.67. The quantitative estimate of drug-likeness (QED) is 0.871. The van der Waals surface area contributed by atoms with Gasteiger partial charge in [0.2, 0.25) is 0 Å². The molecule has 0 aliphatic carbocycles. The fourth-order valence-electron chi connectivity index (χ4n) is 2.65. The van der Waals surface area contributed by atoms with Crippen molar-refractivity contribution in [3.05, 3.63) is 47.5 Å². The van der Waals surface area contributed by atoms with Gasteiger partial charge in [-0.1, -0.05) is 18.2 Å². The van der Waals surface area contributed by atoms with Gasteiger partial charge in [-0.3, -0.25) is 0 Å². The molecule has 0 fully saturated rings. The van der Waals surface area contributed by atoms with Crippen LogP contribution in [-0.4, -0.2) is 16.1 Å². The van der Waals surface area contributed by atoms with Crippen LogP contribution in [-0.2, 0) is 19.6 Å². The van der Waals surface area contributed by atoms with E-state index in [9.17, 15) is 0 Å². The fraction of sp³-hybridized carbons (Fsp3) is 0.357. The first-order valence-corrected chi connectivity index (χ1v) is 6.34. The molecule has 0 radical (unpaired) electrons. The Morgan fingerprint density at radius 3 is 2.72 bits per heavy atom. The van der Waals surface area contributed by atoms with Crippen molar-refractivity contribution in [2.75, 3.05) is 11.4 Å². The molecule has 2 heterocycles. The first-order chi connectivity index (χ1) is 8.79. The third-order valence-electron chi connectivity index (χ3n) is 3.60. The van der Waals surface area contributed by atoms with E-state index in [-0.39, 0.29) is 0 Å². The van der Waals surface area contributed by atoms with Gasteiger partial charge in [-0.2, -0.15) is 0 Å². The Morgan fingerprint density at radius 1 is 1.22 bits per heavy atom. The first kappa shape index (κ1) is 11.3. The summed E-state index contributed by atoms with van der Waals surface area (Å²) in [6, 6.07) is 10.5. The number of aromatic nitrogens is 2. The number of aryl methyl sites for hydroxylation is 1. The third-order valence-corrected chi connectivity index (χ3v) is 3.60. The molecule has 1 aliphatic heterocycles. The molecule has 1 aromatic heterocycles. The van der Waals surface area contributed by atoms with Crippen LogP contribution in [0.5, 0.6) is 0 Å². The van der Waals surface area contributed by atoms with E-state index in [1.165, 1.54) is 11.4 Å². The van der Waals surface area contributed by atoms with Crippen LogP contribution in [0.15, 0.2) is 30.3 Å². The van der Waals surface area contributed by atoms with E-state index in [2.05, 4.69) is 45.6 Å². The lowest BCUT2D eigenvalue weighted by Gasteiger charge is -2.31. The summed E-state index contributed by atoms with van der Waals surface area (Å²) in [6.45, 7) is 5.49. The van der Waals surface area contributed by atoms with Crippen molar-refractivity contribution in [3.63, 3.8) is 0 Å². The minimum absolute atomic E-state index is 0.520. The molecular formula is C14H18N4. The topological polar surface area (TPSA) is 47.1 Å². The average Bonchev–Trinajstić information content (AvgIpc) is 2.76. The normalized spacial score (nSPS) is 14.7. The summed E-state index contributed by atoms with van der Waals surface area (Å²) in [7, 11) is 0. The molecule has 0 amide bonds. The number of anilines is 1. The Kier molecular flexibility index (Phi) is 2.80. The smallest absolute Gasteiger partial charge is 0.106 e. The van der Waals surface area contributed by atoms with Crippen LogP contribution in [0.25, 0.3) is 0 Å². The van der Waals surface area contributed by atoms with E-state index < -0.39 is 0 Å². The van der Waals surface area contributed by atoms with Gasteiger partial charge < -0.3 is 15.2 Å². The molecular weight excluding hydrogens is 224 g/mol. The summed E-state index contributed by atoms with van der Waals surface area (Å²) in [5.41, 5.74) is 9.35. The summed E-state index contributed by atoms with van der Waals surface area (Å²) in [6.07, 6.45) is 0. The second-order valence-corrected chi connectivity index (χ2v) is 4.67. The number of hydrogen-bond donors (Lipinski definition) is 1. The van der Waals surface area contributed by atoms with Gasteiger partial charge in [0.1, 0.15) is 5.82 Å². The largest absolute Gasteiger partial charge is 0.364 e. The maximum atomic E-state index is 5.78. The Bertz CT molecular complexity index is 544. The second kappa shape index (κ2) is 4.46. The number of nitrogens with two attached hydrogens (primary N) is 1. The molecule has 94 valence electrons. The molecule has 0 unspecified atom stereocenters. The SMILES string of the molecule is Cc1nc(CN)c2n1CCN(c1ccccc1)C2. The van der Waals surface area contributed by atoms with Crippen LogP contribution in [0, 0.1) is 6.92 Å². The van der Waals surface area contributed by atoms with Crippen LogP contribution in [0.4, 0.5) is 5.69 Å². The summed E-state index contributed by atoms with van der Waals surface area (Å²) in [4.78, 5) is 6.93. The predicted molar refractivity (Wildman–Crippen MR) is 72.3 cm³/mol. The number of fused-ring (bicyclic) bond motifs is 1. The Hall–Kier alpha value is -1.81. The maximum absolute atomic E-state index is 5.78. The van der Waals surface area contributed by atoms with Crippen molar-refractivity contribution in [1.82, 2.24) is 9.55 Å². The number of hydrogen-bond acceptors (Lipinski definition) is 3. The van der Waals surface area contributed by atoms with Gasteiger partial charge in [0, 0.05) is 25.3 Å². The zero-order chi connectivity index (χ0) is 12.5. The summed E-state index contributed by atoms with van der Waals surface area (Å²) >= 11 is 0. The van der Waals surface area contributed by atoms with Crippen LogP contribution >= 0.6 is 0 Å². The van der Waals surface area contributed by atoms with Crippen LogP contribution < -0.4 is 10.6 Å². The molecule has 0 bridgehead atoms. The number of benzene rings is 1. The molecule has 0 saturated carbocycles. The second-order valence-electron chi connectivity index (χ2n) is 4.67. The number of nitrogens with zero attached hydrogens (tertiary/aromatic N) is 3. The van der Waals surface area contributed by atoms with Gasteiger partial charge in [0.25, 0.3) is 0 Å². The van der Waals surface area contributed by atoms with Gasteiger partial charge in [-0.05, 0) is 19.1 Å². The van der Waals surface area contributed by atoms with E-state index >= 15 is 0 Å². The minimum atomic E-state index is 0.520. The van der Waals surface area contributed by atoms with E-state index in [0.29, 0.717) is 6.54 Å². The fourth-order valence-corrected chi connectivity index (χ4v) is 2.65. The molecule has 1 aliphatic rings. The molecule has 2 aromatic rings. The highest BCUT2D eigenvalue weighted by Gasteiger charge is 2.21. The third kappa shape index (κ3) is 1.78. The lowest BCUT2D eigenvalue weighted by Crippen LogP contribution is -2.34. The number of para-hydroxylation sites is 1. The highest BCUT2D eigenvalue weighted by molar-refractivity contribution is 5.47. The minimum Gasteiger partial charge on any atom is -0.364 e. The van der Waals surface area contributed by atoms with E-state index in [1.54, 1.807) is 0 Å². The van der Waals surface area contributed by atoms with Crippen LogP contribution in [0.2, 0.25) is 0 Å². The number of imidazole rings is 1. The number of rotatable bonds is 2. The Balaban J connectivity index is 1.93. The van der Waals surface area contributed by atoms with Gasteiger partial charge >= 0.3 is 0 Å². The van der Waals surface area contributed by atoms with Crippen molar-refractivity contribution in [2.45, 2.75) is 26.6 Å². The standard InChI is InChI=1S/C14H18N4/c1-11-16-13(9-15)14-10-17(7-8-18(11)14)12-5-3-2-4-6-12/h2-6H,7-10,15H2,1H3.